The van der Waals surface area contributed by atoms with Crippen LogP contribution in [-0.4, -0.2) is 25.7 Å². The molecule has 2 aliphatic heterocycles. The average molecular weight is 303 g/mol. The molecule has 0 bridgehead atoms. The largest absolute Gasteiger partial charge is 0.379 e. The zero-order valence-corrected chi connectivity index (χ0v) is 11.8. The van der Waals surface area contributed by atoms with E-state index in [4.69, 9.17) is 9.57 Å². The quantitative estimate of drug-likeness (QED) is 0.871. The van der Waals surface area contributed by atoms with Crippen molar-refractivity contribution in [3.63, 3.8) is 0 Å². The lowest BCUT2D eigenvalue weighted by Crippen LogP contribution is -2.42. The molecule has 0 radical (unpaired) electrons. The molecule has 1 aromatic carbocycles. The number of nitrogens with one attached hydrogen (secondary N) is 2. The fourth-order valence-electron chi connectivity index (χ4n) is 2.70. The van der Waals surface area contributed by atoms with Gasteiger partial charge >= 0.3 is 0 Å². The summed E-state index contributed by atoms with van der Waals surface area (Å²) in [7, 11) is 0. The van der Waals surface area contributed by atoms with Crippen LogP contribution in [0.1, 0.15) is 12.5 Å². The van der Waals surface area contributed by atoms with E-state index in [2.05, 4.69) is 10.8 Å². The number of halogens is 2. The predicted molar refractivity (Wildman–Crippen MR) is 73.0 cm³/mol. The molecule has 0 unspecified atom stereocenters. The molecule has 0 spiro atoms. The van der Waals surface area contributed by atoms with Crippen molar-refractivity contribution in [1.29, 1.82) is 0 Å². The third-order valence-electron chi connectivity index (χ3n) is 3.65. The number of carbonyl (C=O) groups excluding carboxylic acids is 1. The van der Waals surface area contributed by atoms with Gasteiger partial charge in [-0.05, 0) is 18.2 Å². The van der Waals surface area contributed by atoms with Crippen LogP contribution in [0.4, 0.5) is 10.1 Å². The van der Waals surface area contributed by atoms with Gasteiger partial charge in [0.25, 0.3) is 0 Å². The van der Waals surface area contributed by atoms with Crippen molar-refractivity contribution >= 4 is 24.0 Å². The number of amides is 1. The van der Waals surface area contributed by atoms with Crippen LogP contribution in [0.15, 0.2) is 18.2 Å². The standard InChI is InChI=1S/C13H15FN2O3.ClH/c1-8(17)15-10-2-3-12(14)11(4-10)13-7-18-5-9(13)6-19-16-13;/h2-4,9,16H,5-7H2,1H3,(H,15,17);1H/t9-,13-;/m0./s1. The Labute approximate surface area is 122 Å². The van der Waals surface area contributed by atoms with Crippen LogP contribution in [0.2, 0.25) is 0 Å². The number of rotatable bonds is 2. The number of hydrogen-bond donors (Lipinski definition) is 2. The molecule has 0 saturated carbocycles. The van der Waals surface area contributed by atoms with Gasteiger partial charge in [-0.2, -0.15) is 5.48 Å². The Morgan fingerprint density at radius 1 is 1.50 bits per heavy atom. The molecule has 5 nitrogen and oxygen atoms in total. The third-order valence-corrected chi connectivity index (χ3v) is 3.65. The molecule has 2 N–H and O–H groups in total. The Morgan fingerprint density at radius 2 is 2.30 bits per heavy atom. The second-order valence-corrected chi connectivity index (χ2v) is 4.97. The highest BCUT2D eigenvalue weighted by molar-refractivity contribution is 5.88. The van der Waals surface area contributed by atoms with Crippen molar-refractivity contribution in [2.75, 3.05) is 25.1 Å². The Kier molecular flexibility index (Phi) is 4.29. The van der Waals surface area contributed by atoms with Gasteiger partial charge in [-0.15, -0.1) is 12.4 Å². The molecular weight excluding hydrogens is 287 g/mol. The summed E-state index contributed by atoms with van der Waals surface area (Å²) in [4.78, 5) is 16.3. The van der Waals surface area contributed by atoms with Gasteiger partial charge < -0.3 is 14.9 Å². The molecule has 1 amide bonds. The minimum Gasteiger partial charge on any atom is -0.379 e. The fourth-order valence-corrected chi connectivity index (χ4v) is 2.70. The first-order chi connectivity index (χ1) is 9.12. The van der Waals surface area contributed by atoms with Gasteiger partial charge in [-0.1, -0.05) is 0 Å². The van der Waals surface area contributed by atoms with Crippen LogP contribution < -0.4 is 10.8 Å². The Bertz CT molecular complexity index is 516. The first-order valence-corrected chi connectivity index (χ1v) is 6.16. The molecule has 2 fully saturated rings. The highest BCUT2D eigenvalue weighted by atomic mass is 35.5. The van der Waals surface area contributed by atoms with Crippen molar-refractivity contribution in [2.24, 2.45) is 5.92 Å². The minimum absolute atomic E-state index is 0. The van der Waals surface area contributed by atoms with Gasteiger partial charge in [0.15, 0.2) is 0 Å². The van der Waals surface area contributed by atoms with Crippen LogP contribution in [0, 0.1) is 11.7 Å². The van der Waals surface area contributed by atoms with E-state index >= 15 is 0 Å². The van der Waals surface area contributed by atoms with E-state index in [-0.39, 0.29) is 30.0 Å². The predicted octanol–water partition coefficient (Wildman–Crippen LogP) is 1.58. The summed E-state index contributed by atoms with van der Waals surface area (Å²) in [6.07, 6.45) is 0. The Hall–Kier alpha value is -1.21. The number of ether oxygens (including phenoxy) is 1. The number of hydroxylamine groups is 1. The van der Waals surface area contributed by atoms with Crippen molar-refractivity contribution in [2.45, 2.75) is 12.5 Å². The lowest BCUT2D eigenvalue weighted by Gasteiger charge is -2.27. The Balaban J connectivity index is 0.00000147. The molecule has 2 saturated heterocycles. The number of carbonyl (C=O) groups is 1. The number of fused-ring (bicyclic) bond motifs is 1. The number of anilines is 1. The van der Waals surface area contributed by atoms with E-state index < -0.39 is 5.54 Å². The highest BCUT2D eigenvalue weighted by Gasteiger charge is 2.51. The van der Waals surface area contributed by atoms with Gasteiger partial charge in [0.1, 0.15) is 11.4 Å². The minimum atomic E-state index is -0.654. The lowest BCUT2D eigenvalue weighted by molar-refractivity contribution is -0.114. The molecule has 2 atom stereocenters. The molecule has 7 heteroatoms. The van der Waals surface area contributed by atoms with E-state index in [9.17, 15) is 9.18 Å². The highest BCUT2D eigenvalue weighted by Crippen LogP contribution is 2.41. The van der Waals surface area contributed by atoms with Gasteiger partial charge in [0, 0.05) is 24.1 Å². The average Bonchev–Trinajstić information content (AvgIpc) is 2.90. The summed E-state index contributed by atoms with van der Waals surface area (Å²) >= 11 is 0. The number of hydrogen-bond acceptors (Lipinski definition) is 4. The maximum atomic E-state index is 14.1. The molecule has 1 aromatic rings. The lowest BCUT2D eigenvalue weighted by atomic mass is 9.82. The summed E-state index contributed by atoms with van der Waals surface area (Å²) in [6.45, 7) is 2.80. The molecule has 110 valence electrons. The molecule has 0 aromatic heterocycles. The van der Waals surface area contributed by atoms with E-state index in [1.54, 1.807) is 6.07 Å². The third kappa shape index (κ3) is 2.40. The summed E-state index contributed by atoms with van der Waals surface area (Å²) in [5.74, 6) is -0.443. The normalized spacial score (nSPS) is 27.8. The van der Waals surface area contributed by atoms with Gasteiger partial charge in [0.05, 0.1) is 19.8 Å². The van der Waals surface area contributed by atoms with Gasteiger partial charge in [0.2, 0.25) is 5.91 Å². The number of benzene rings is 1. The fraction of sp³-hybridized carbons (Fsp3) is 0.462. The molecule has 2 heterocycles. The van der Waals surface area contributed by atoms with Gasteiger partial charge in [-0.25, -0.2) is 4.39 Å². The molecular formula is C13H16ClFN2O3. The monoisotopic (exact) mass is 302 g/mol. The summed E-state index contributed by atoms with van der Waals surface area (Å²) in [5, 5.41) is 2.66. The van der Waals surface area contributed by atoms with Crippen LogP contribution in [0.25, 0.3) is 0 Å². The van der Waals surface area contributed by atoms with Crippen LogP contribution in [0.5, 0.6) is 0 Å². The van der Waals surface area contributed by atoms with Crippen molar-refractivity contribution in [3.05, 3.63) is 29.6 Å². The van der Waals surface area contributed by atoms with Crippen molar-refractivity contribution in [3.8, 4) is 0 Å². The van der Waals surface area contributed by atoms with Crippen LogP contribution in [0.3, 0.4) is 0 Å². The maximum absolute atomic E-state index is 14.1. The first kappa shape index (κ1) is 15.2. The summed E-state index contributed by atoms with van der Waals surface area (Å²) in [5.41, 5.74) is 3.28. The van der Waals surface area contributed by atoms with Crippen molar-refractivity contribution < 1.29 is 18.8 Å². The molecule has 0 aliphatic carbocycles. The van der Waals surface area contributed by atoms with E-state index in [0.29, 0.717) is 31.1 Å². The maximum Gasteiger partial charge on any atom is 0.221 e. The summed E-state index contributed by atoms with van der Waals surface area (Å²) < 4.78 is 19.6. The second-order valence-electron chi connectivity index (χ2n) is 4.97. The van der Waals surface area contributed by atoms with Crippen molar-refractivity contribution in [1.82, 2.24) is 5.48 Å². The van der Waals surface area contributed by atoms with E-state index in [1.165, 1.54) is 19.1 Å². The molecule has 20 heavy (non-hydrogen) atoms. The Morgan fingerprint density at radius 3 is 3.05 bits per heavy atom. The zero-order chi connectivity index (χ0) is 13.5. The van der Waals surface area contributed by atoms with Crippen LogP contribution in [-0.2, 0) is 19.9 Å². The van der Waals surface area contributed by atoms with E-state index in [0.717, 1.165) is 0 Å². The van der Waals surface area contributed by atoms with E-state index in [1.807, 2.05) is 0 Å². The smallest absolute Gasteiger partial charge is 0.221 e. The second kappa shape index (κ2) is 5.65. The molecule has 2 aliphatic rings. The topological polar surface area (TPSA) is 59.6 Å². The van der Waals surface area contributed by atoms with Crippen LogP contribution >= 0.6 is 12.4 Å². The SMILES string of the molecule is CC(=O)Nc1ccc(F)c([C@]23COC[C@H]2CON3)c1.Cl. The van der Waals surface area contributed by atoms with Gasteiger partial charge in [-0.3, -0.25) is 4.79 Å². The molecule has 3 rings (SSSR count). The first-order valence-electron chi connectivity index (χ1n) is 6.16. The zero-order valence-electron chi connectivity index (χ0n) is 10.9. The summed E-state index contributed by atoms with van der Waals surface area (Å²) in [6, 6.07) is 4.53.